The summed E-state index contributed by atoms with van der Waals surface area (Å²) in [6.45, 7) is 0.0533. The third-order valence-corrected chi connectivity index (χ3v) is 3.73. The Bertz CT molecular complexity index is 740. The van der Waals surface area contributed by atoms with Gasteiger partial charge in [-0.05, 0) is 6.07 Å². The number of aromatic nitrogens is 3. The van der Waals surface area contributed by atoms with Crippen LogP contribution in [0.15, 0.2) is 24.7 Å². The van der Waals surface area contributed by atoms with Gasteiger partial charge in [-0.3, -0.25) is 9.48 Å². The van der Waals surface area contributed by atoms with Crippen LogP contribution in [0.3, 0.4) is 0 Å². The smallest absolute Gasteiger partial charge is 0.431 e. The van der Waals surface area contributed by atoms with Crippen molar-refractivity contribution in [3.8, 4) is 5.75 Å². The van der Waals surface area contributed by atoms with Crippen LogP contribution in [0.5, 0.6) is 5.75 Å². The van der Waals surface area contributed by atoms with Gasteiger partial charge in [0, 0.05) is 13.2 Å². The number of carbonyl (C=O) groups excluding carboxylic acids is 1. The van der Waals surface area contributed by atoms with Gasteiger partial charge in [0.2, 0.25) is 0 Å². The molecule has 7 nitrogen and oxygen atoms in total. The quantitative estimate of drug-likeness (QED) is 0.871. The predicted molar refractivity (Wildman–Crippen MR) is 75.3 cm³/mol. The monoisotopic (exact) mass is 344 g/mol. The normalized spacial score (nSPS) is 21.3. The van der Waals surface area contributed by atoms with E-state index >= 15 is 0 Å². The van der Waals surface area contributed by atoms with Gasteiger partial charge < -0.3 is 19.7 Å². The van der Waals surface area contributed by atoms with Crippen molar-refractivity contribution in [2.45, 2.75) is 18.4 Å². The number of rotatable bonds is 3. The zero-order chi connectivity index (χ0) is 17.5. The number of likely N-dealkylation sites (tertiary alicyclic amines) is 1. The average molecular weight is 344 g/mol. The first-order valence-corrected chi connectivity index (χ1v) is 7.12. The van der Waals surface area contributed by atoms with Crippen molar-refractivity contribution in [2.24, 2.45) is 7.05 Å². The Hall–Kier alpha value is -2.49. The molecule has 1 fully saturated rings. The number of H-pyrrole nitrogens is 1. The standard InChI is InChI=1S/C14H15F3N4O3/c1-20-5-9(4-19-20)24-11-7-21(6-10(11)22)13(23)8-2-12(18-3-8)14(15,16)17/h2-5,10-11,18,22H,6-7H2,1H3/t10-,11-/m1/s1. The van der Waals surface area contributed by atoms with Crippen LogP contribution in [-0.2, 0) is 13.2 Å². The van der Waals surface area contributed by atoms with Gasteiger partial charge >= 0.3 is 6.18 Å². The molecule has 1 aliphatic heterocycles. The first-order chi connectivity index (χ1) is 11.2. The molecule has 0 unspecified atom stereocenters. The van der Waals surface area contributed by atoms with Crippen LogP contribution in [0.2, 0.25) is 0 Å². The van der Waals surface area contributed by atoms with Crippen LogP contribution >= 0.6 is 0 Å². The molecule has 2 aromatic heterocycles. The number of amides is 1. The zero-order valence-electron chi connectivity index (χ0n) is 12.6. The minimum atomic E-state index is -4.55. The van der Waals surface area contributed by atoms with E-state index in [1.807, 2.05) is 4.98 Å². The molecule has 3 heterocycles. The number of carbonyl (C=O) groups is 1. The highest BCUT2D eigenvalue weighted by Gasteiger charge is 2.38. The molecule has 2 N–H and O–H groups in total. The Labute approximate surface area is 134 Å². The highest BCUT2D eigenvalue weighted by Crippen LogP contribution is 2.29. The molecular weight excluding hydrogens is 329 g/mol. The summed E-state index contributed by atoms with van der Waals surface area (Å²) in [5, 5.41) is 14.0. The van der Waals surface area contributed by atoms with Crippen LogP contribution in [0.1, 0.15) is 16.1 Å². The van der Waals surface area contributed by atoms with Crippen LogP contribution in [0, 0.1) is 0 Å². The van der Waals surface area contributed by atoms with Gasteiger partial charge in [0.05, 0.1) is 31.0 Å². The number of aliphatic hydroxyl groups is 1. The Morgan fingerprint density at radius 2 is 2.21 bits per heavy atom. The van der Waals surface area contributed by atoms with Gasteiger partial charge in [0.15, 0.2) is 5.75 Å². The summed E-state index contributed by atoms with van der Waals surface area (Å²) in [6.07, 6.45) is -2.06. The Morgan fingerprint density at radius 1 is 1.46 bits per heavy atom. The number of ether oxygens (including phenoxy) is 1. The maximum atomic E-state index is 12.6. The molecule has 130 valence electrons. The second-order valence-electron chi connectivity index (χ2n) is 5.58. The van der Waals surface area contributed by atoms with Crippen molar-refractivity contribution in [3.63, 3.8) is 0 Å². The molecule has 0 radical (unpaired) electrons. The van der Waals surface area contributed by atoms with Gasteiger partial charge in [-0.25, -0.2) is 0 Å². The maximum Gasteiger partial charge on any atom is 0.431 e. The number of alkyl halides is 3. The lowest BCUT2D eigenvalue weighted by atomic mass is 10.2. The summed E-state index contributed by atoms with van der Waals surface area (Å²) in [6, 6.07) is 0.754. The van der Waals surface area contributed by atoms with E-state index in [9.17, 15) is 23.1 Å². The molecule has 1 saturated heterocycles. The molecule has 1 aliphatic rings. The summed E-state index contributed by atoms with van der Waals surface area (Å²) >= 11 is 0. The lowest BCUT2D eigenvalue weighted by Crippen LogP contribution is -2.31. The van der Waals surface area contributed by atoms with Crippen LogP contribution in [-0.4, -0.2) is 56.0 Å². The number of aromatic amines is 1. The van der Waals surface area contributed by atoms with Crippen molar-refractivity contribution in [1.82, 2.24) is 19.7 Å². The Kier molecular flexibility index (Phi) is 3.99. The van der Waals surface area contributed by atoms with E-state index in [1.54, 1.807) is 13.2 Å². The summed E-state index contributed by atoms with van der Waals surface area (Å²) in [5.74, 6) is -0.157. The molecule has 0 aromatic carbocycles. The van der Waals surface area contributed by atoms with Crippen molar-refractivity contribution in [3.05, 3.63) is 35.9 Å². The van der Waals surface area contributed by atoms with Gasteiger partial charge in [-0.15, -0.1) is 0 Å². The van der Waals surface area contributed by atoms with Crippen molar-refractivity contribution in [2.75, 3.05) is 13.1 Å². The van der Waals surface area contributed by atoms with E-state index in [0.717, 1.165) is 12.3 Å². The van der Waals surface area contributed by atoms with Gasteiger partial charge in [0.25, 0.3) is 5.91 Å². The molecular formula is C14H15F3N4O3. The molecule has 0 saturated carbocycles. The van der Waals surface area contributed by atoms with Crippen molar-refractivity contribution >= 4 is 5.91 Å². The molecule has 2 atom stereocenters. The first kappa shape index (κ1) is 16.4. The summed E-state index contributed by atoms with van der Waals surface area (Å²) in [7, 11) is 1.71. The molecule has 0 spiro atoms. The molecule has 2 aromatic rings. The minimum absolute atomic E-state index is 0.0176. The number of aliphatic hydroxyl groups excluding tert-OH is 1. The third-order valence-electron chi connectivity index (χ3n) is 3.73. The van der Waals surface area contributed by atoms with E-state index in [2.05, 4.69) is 5.10 Å². The number of β-amino-alcohol motifs (C(OH)–C–C–N with tert-alkyl or cyclic N) is 1. The largest absolute Gasteiger partial charge is 0.482 e. The van der Waals surface area contributed by atoms with Crippen LogP contribution < -0.4 is 4.74 Å². The lowest BCUT2D eigenvalue weighted by Gasteiger charge is -2.15. The van der Waals surface area contributed by atoms with Crippen molar-refractivity contribution in [1.29, 1.82) is 0 Å². The zero-order valence-corrected chi connectivity index (χ0v) is 12.6. The Morgan fingerprint density at radius 3 is 2.79 bits per heavy atom. The molecule has 10 heteroatoms. The summed E-state index contributed by atoms with van der Waals surface area (Å²) in [5.41, 5.74) is -1.11. The van der Waals surface area contributed by atoms with E-state index in [0.29, 0.717) is 5.75 Å². The third kappa shape index (κ3) is 3.23. The maximum absolute atomic E-state index is 12.6. The second kappa shape index (κ2) is 5.86. The number of nitrogens with zero attached hydrogens (tertiary/aromatic N) is 3. The highest BCUT2D eigenvalue weighted by molar-refractivity contribution is 5.94. The van der Waals surface area contributed by atoms with Crippen molar-refractivity contribution < 1.29 is 27.8 Å². The van der Waals surface area contributed by atoms with Gasteiger partial charge in [-0.2, -0.15) is 18.3 Å². The van der Waals surface area contributed by atoms with Crippen LogP contribution in [0.25, 0.3) is 0 Å². The number of hydrogen-bond donors (Lipinski definition) is 2. The molecule has 3 rings (SSSR count). The number of nitrogens with one attached hydrogen (secondary N) is 1. The topological polar surface area (TPSA) is 83.4 Å². The van der Waals surface area contributed by atoms with E-state index in [1.165, 1.54) is 15.8 Å². The van der Waals surface area contributed by atoms with Gasteiger partial charge in [-0.1, -0.05) is 0 Å². The number of hydrogen-bond acceptors (Lipinski definition) is 4. The van der Waals surface area contributed by atoms with E-state index < -0.39 is 30.0 Å². The fourth-order valence-electron chi connectivity index (χ4n) is 2.54. The molecule has 0 aliphatic carbocycles. The Balaban J connectivity index is 1.67. The highest BCUT2D eigenvalue weighted by atomic mass is 19.4. The molecule has 24 heavy (non-hydrogen) atoms. The molecule has 0 bridgehead atoms. The SMILES string of the molecule is Cn1cc(O[C@@H]2CN(C(=O)c3c[nH]c(C(F)(F)F)c3)C[C@H]2O)cn1. The fraction of sp³-hybridized carbons (Fsp3) is 0.429. The average Bonchev–Trinajstić information content (AvgIpc) is 3.19. The number of aryl methyl sites for hydroxylation is 1. The van der Waals surface area contributed by atoms with E-state index in [4.69, 9.17) is 4.74 Å². The van der Waals surface area contributed by atoms with E-state index in [-0.39, 0.29) is 18.7 Å². The lowest BCUT2D eigenvalue weighted by molar-refractivity contribution is -0.140. The first-order valence-electron chi connectivity index (χ1n) is 7.12. The van der Waals surface area contributed by atoms with Gasteiger partial charge in [0.1, 0.15) is 17.9 Å². The van der Waals surface area contributed by atoms with Crippen LogP contribution in [0.4, 0.5) is 13.2 Å². The number of halogens is 3. The second-order valence-corrected chi connectivity index (χ2v) is 5.58. The summed E-state index contributed by atoms with van der Waals surface area (Å²) < 4.78 is 44.9. The predicted octanol–water partition coefficient (Wildman–Crippen LogP) is 1.03. The minimum Gasteiger partial charge on any atom is -0.482 e. The summed E-state index contributed by atoms with van der Waals surface area (Å²) in [4.78, 5) is 15.6. The fourth-order valence-corrected chi connectivity index (χ4v) is 2.54. The molecule has 1 amide bonds.